The van der Waals surface area contributed by atoms with Crippen LogP contribution in [-0.2, 0) is 10.0 Å². The van der Waals surface area contributed by atoms with Gasteiger partial charge in [0.05, 0.1) is 4.90 Å². The monoisotopic (exact) mass is 315 g/mol. The lowest BCUT2D eigenvalue weighted by atomic mass is 10.2. The van der Waals surface area contributed by atoms with Gasteiger partial charge in [-0.2, -0.15) is 0 Å². The van der Waals surface area contributed by atoms with Crippen molar-refractivity contribution in [1.82, 2.24) is 9.62 Å². The summed E-state index contributed by atoms with van der Waals surface area (Å²) in [5.74, 6) is -0.609. The summed E-state index contributed by atoms with van der Waals surface area (Å²) in [5.41, 5.74) is 5.74. The van der Waals surface area contributed by atoms with E-state index in [0.717, 1.165) is 32.0 Å². The van der Waals surface area contributed by atoms with E-state index in [9.17, 15) is 12.8 Å². The smallest absolute Gasteiger partial charge is 0.241 e. The first kappa shape index (κ1) is 16.2. The molecule has 0 aromatic heterocycles. The van der Waals surface area contributed by atoms with Gasteiger partial charge in [-0.15, -0.1) is 0 Å². The molecule has 2 rings (SSSR count). The predicted molar refractivity (Wildman–Crippen MR) is 81.0 cm³/mol. The molecule has 1 heterocycles. The lowest BCUT2D eigenvalue weighted by Crippen LogP contribution is -2.41. The SMILES string of the molecule is Cc1c(F)cc(N)cc1S(=O)(=O)NC(C)CN1CCCC1. The first-order valence-corrected chi connectivity index (χ1v) is 8.58. The van der Waals surface area contributed by atoms with Gasteiger partial charge in [0.1, 0.15) is 5.82 Å². The van der Waals surface area contributed by atoms with Crippen LogP contribution in [0.15, 0.2) is 17.0 Å². The number of nitrogen functional groups attached to an aromatic ring is 1. The highest BCUT2D eigenvalue weighted by Gasteiger charge is 2.23. The molecule has 1 atom stereocenters. The number of halogens is 1. The minimum atomic E-state index is -3.77. The van der Waals surface area contributed by atoms with E-state index in [1.165, 1.54) is 13.0 Å². The number of rotatable bonds is 5. The molecule has 7 heteroatoms. The highest BCUT2D eigenvalue weighted by Crippen LogP contribution is 2.22. The largest absolute Gasteiger partial charge is 0.399 e. The Morgan fingerprint density at radius 2 is 2.00 bits per heavy atom. The Labute approximate surface area is 125 Å². The van der Waals surface area contributed by atoms with Crippen molar-refractivity contribution in [3.8, 4) is 0 Å². The Bertz CT molecular complexity index is 613. The van der Waals surface area contributed by atoms with Gasteiger partial charge >= 0.3 is 0 Å². The molecule has 0 aliphatic carbocycles. The van der Waals surface area contributed by atoms with Crippen molar-refractivity contribution in [2.24, 2.45) is 0 Å². The number of benzene rings is 1. The molecule has 1 aromatic carbocycles. The van der Waals surface area contributed by atoms with Gasteiger partial charge in [0.25, 0.3) is 0 Å². The van der Waals surface area contributed by atoms with Gasteiger partial charge < -0.3 is 10.6 Å². The van der Waals surface area contributed by atoms with Crippen LogP contribution in [0.4, 0.5) is 10.1 Å². The van der Waals surface area contributed by atoms with Crippen LogP contribution in [0, 0.1) is 12.7 Å². The van der Waals surface area contributed by atoms with Crippen molar-refractivity contribution >= 4 is 15.7 Å². The zero-order valence-electron chi connectivity index (χ0n) is 12.4. The number of nitrogens with two attached hydrogens (primary N) is 1. The maximum Gasteiger partial charge on any atom is 0.241 e. The molecule has 1 saturated heterocycles. The Balaban J connectivity index is 2.14. The molecule has 0 radical (unpaired) electrons. The van der Waals surface area contributed by atoms with Crippen molar-refractivity contribution in [2.45, 2.75) is 37.6 Å². The lowest BCUT2D eigenvalue weighted by Gasteiger charge is -2.21. The Morgan fingerprint density at radius 3 is 2.62 bits per heavy atom. The normalized spacial score (nSPS) is 18.0. The minimum absolute atomic E-state index is 0.0880. The van der Waals surface area contributed by atoms with Gasteiger partial charge in [0, 0.05) is 23.8 Å². The summed E-state index contributed by atoms with van der Waals surface area (Å²) in [7, 11) is -3.77. The molecule has 1 unspecified atom stereocenters. The zero-order chi connectivity index (χ0) is 15.6. The third-order valence-corrected chi connectivity index (χ3v) is 5.41. The quantitative estimate of drug-likeness (QED) is 0.807. The molecule has 21 heavy (non-hydrogen) atoms. The molecule has 118 valence electrons. The number of nitrogens with zero attached hydrogens (tertiary/aromatic N) is 1. The van der Waals surface area contributed by atoms with Crippen LogP contribution < -0.4 is 10.5 Å². The molecule has 3 N–H and O–H groups in total. The van der Waals surface area contributed by atoms with E-state index in [1.54, 1.807) is 0 Å². The number of nitrogens with one attached hydrogen (secondary N) is 1. The molecule has 0 saturated carbocycles. The second kappa shape index (κ2) is 6.29. The molecule has 0 bridgehead atoms. The summed E-state index contributed by atoms with van der Waals surface area (Å²) < 4.78 is 41.0. The third kappa shape index (κ3) is 3.93. The maximum atomic E-state index is 13.7. The van der Waals surface area contributed by atoms with Gasteiger partial charge in [-0.05, 0) is 51.9 Å². The Kier molecular flexibility index (Phi) is 4.85. The van der Waals surface area contributed by atoms with E-state index < -0.39 is 15.8 Å². The van der Waals surface area contributed by atoms with Gasteiger partial charge in [-0.25, -0.2) is 17.5 Å². The number of likely N-dealkylation sites (tertiary alicyclic amines) is 1. The average Bonchev–Trinajstić information content (AvgIpc) is 2.85. The number of anilines is 1. The Morgan fingerprint density at radius 1 is 1.38 bits per heavy atom. The fourth-order valence-electron chi connectivity index (χ4n) is 2.67. The predicted octanol–water partition coefficient (Wildman–Crippen LogP) is 1.48. The van der Waals surface area contributed by atoms with E-state index in [-0.39, 0.29) is 22.2 Å². The topological polar surface area (TPSA) is 75.4 Å². The van der Waals surface area contributed by atoms with Crippen molar-refractivity contribution in [1.29, 1.82) is 0 Å². The lowest BCUT2D eigenvalue weighted by molar-refractivity contribution is 0.312. The van der Waals surface area contributed by atoms with Crippen LogP contribution in [0.3, 0.4) is 0 Å². The maximum absolute atomic E-state index is 13.7. The summed E-state index contributed by atoms with van der Waals surface area (Å²) in [6.07, 6.45) is 2.30. The first-order valence-electron chi connectivity index (χ1n) is 7.10. The van der Waals surface area contributed by atoms with Gasteiger partial charge in [-0.1, -0.05) is 0 Å². The van der Waals surface area contributed by atoms with E-state index >= 15 is 0 Å². The van der Waals surface area contributed by atoms with Crippen LogP contribution in [0.25, 0.3) is 0 Å². The molecule has 0 spiro atoms. The number of hydrogen-bond acceptors (Lipinski definition) is 4. The second-order valence-electron chi connectivity index (χ2n) is 5.66. The Hall–Kier alpha value is -1.18. The van der Waals surface area contributed by atoms with Gasteiger partial charge in [0.2, 0.25) is 10.0 Å². The van der Waals surface area contributed by atoms with Crippen LogP contribution in [0.1, 0.15) is 25.3 Å². The molecule has 0 amide bonds. The molecule has 1 aliphatic heterocycles. The minimum Gasteiger partial charge on any atom is -0.399 e. The number of sulfonamides is 1. The summed E-state index contributed by atoms with van der Waals surface area (Å²) in [6, 6.07) is 2.18. The molecule has 1 fully saturated rings. The van der Waals surface area contributed by atoms with Crippen LogP contribution >= 0.6 is 0 Å². The summed E-state index contributed by atoms with van der Waals surface area (Å²) in [4.78, 5) is 2.13. The average molecular weight is 315 g/mol. The van der Waals surface area contributed by atoms with E-state index in [1.807, 2.05) is 6.92 Å². The number of hydrogen-bond donors (Lipinski definition) is 2. The van der Waals surface area contributed by atoms with Crippen molar-refractivity contribution in [3.05, 3.63) is 23.5 Å². The van der Waals surface area contributed by atoms with Crippen LogP contribution in [0.5, 0.6) is 0 Å². The summed E-state index contributed by atoms with van der Waals surface area (Å²) in [6.45, 7) is 5.90. The standard InChI is InChI=1S/C14H22FN3O2S/c1-10(9-18-5-3-4-6-18)17-21(19,20)14-8-12(16)7-13(15)11(14)2/h7-8,10,17H,3-6,9,16H2,1-2H3. The van der Waals surface area contributed by atoms with Crippen molar-refractivity contribution in [2.75, 3.05) is 25.4 Å². The highest BCUT2D eigenvalue weighted by molar-refractivity contribution is 7.89. The highest BCUT2D eigenvalue weighted by atomic mass is 32.2. The molecular weight excluding hydrogens is 293 g/mol. The molecular formula is C14H22FN3O2S. The summed E-state index contributed by atoms with van der Waals surface area (Å²) >= 11 is 0. The van der Waals surface area contributed by atoms with Crippen molar-refractivity contribution in [3.63, 3.8) is 0 Å². The van der Waals surface area contributed by atoms with E-state index in [4.69, 9.17) is 5.73 Å². The zero-order valence-corrected chi connectivity index (χ0v) is 13.2. The third-order valence-electron chi connectivity index (χ3n) is 3.70. The fraction of sp³-hybridized carbons (Fsp3) is 0.571. The fourth-order valence-corrected chi connectivity index (χ4v) is 4.19. The molecule has 1 aromatic rings. The van der Waals surface area contributed by atoms with E-state index in [2.05, 4.69) is 9.62 Å². The second-order valence-corrected chi connectivity index (χ2v) is 7.34. The van der Waals surface area contributed by atoms with Gasteiger partial charge in [-0.3, -0.25) is 0 Å². The molecule has 5 nitrogen and oxygen atoms in total. The first-order chi connectivity index (χ1) is 9.79. The van der Waals surface area contributed by atoms with Gasteiger partial charge in [0.15, 0.2) is 0 Å². The van der Waals surface area contributed by atoms with Crippen molar-refractivity contribution < 1.29 is 12.8 Å². The van der Waals surface area contributed by atoms with Crippen LogP contribution in [0.2, 0.25) is 0 Å². The molecule has 1 aliphatic rings. The van der Waals surface area contributed by atoms with Crippen LogP contribution in [-0.4, -0.2) is 39.0 Å². The van der Waals surface area contributed by atoms with E-state index in [0.29, 0.717) is 6.54 Å². The summed E-state index contributed by atoms with van der Waals surface area (Å²) in [5, 5.41) is 0.